The summed E-state index contributed by atoms with van der Waals surface area (Å²) in [6, 6.07) is 11.8. The number of amides is 1. The predicted molar refractivity (Wildman–Crippen MR) is 69.5 cm³/mol. The van der Waals surface area contributed by atoms with E-state index in [4.69, 9.17) is 0 Å². The van der Waals surface area contributed by atoms with Gasteiger partial charge in [-0.1, -0.05) is 30.8 Å². The number of nitrogens with one attached hydrogen (secondary N) is 1. The van der Waals surface area contributed by atoms with Crippen LogP contribution in [0.5, 0.6) is 0 Å². The second kappa shape index (κ2) is 3.81. The number of carbonyl (C=O) groups excluding carboxylic acids is 1. The fraction of sp³-hybridized carbons (Fsp3) is 0. The summed E-state index contributed by atoms with van der Waals surface area (Å²) >= 11 is 0. The van der Waals surface area contributed by atoms with E-state index in [1.54, 1.807) is 6.07 Å². The second-order valence-electron chi connectivity index (χ2n) is 4.17. The van der Waals surface area contributed by atoms with Crippen LogP contribution in [0, 0.1) is 5.82 Å². The minimum atomic E-state index is -0.298. The zero-order valence-electron chi connectivity index (χ0n) is 9.53. The standard InChI is InChI=1S/C15H10FNO/c1-9-14-12(10-4-2-5-11(16)8-10)6-3-7-13(14)17-15(9)18/h2-8H,1H2,(H,17,18). The molecule has 2 nitrogen and oxygen atoms in total. The summed E-state index contributed by atoms with van der Waals surface area (Å²) in [7, 11) is 0. The van der Waals surface area contributed by atoms with Crippen molar-refractivity contribution in [2.45, 2.75) is 0 Å². The molecule has 0 radical (unpaired) electrons. The lowest BCUT2D eigenvalue weighted by Crippen LogP contribution is -2.02. The highest BCUT2D eigenvalue weighted by Crippen LogP contribution is 2.38. The first-order chi connectivity index (χ1) is 8.66. The van der Waals surface area contributed by atoms with Crippen molar-refractivity contribution in [1.29, 1.82) is 0 Å². The van der Waals surface area contributed by atoms with Gasteiger partial charge in [0.05, 0.1) is 0 Å². The third kappa shape index (κ3) is 1.52. The molecule has 0 fully saturated rings. The summed E-state index contributed by atoms with van der Waals surface area (Å²) in [6.45, 7) is 3.78. The Morgan fingerprint density at radius 2 is 1.89 bits per heavy atom. The first kappa shape index (κ1) is 10.7. The molecule has 3 rings (SSSR count). The van der Waals surface area contributed by atoms with E-state index in [2.05, 4.69) is 11.9 Å². The fourth-order valence-electron chi connectivity index (χ4n) is 2.19. The number of rotatable bonds is 1. The van der Waals surface area contributed by atoms with Gasteiger partial charge in [-0.15, -0.1) is 0 Å². The molecule has 2 aromatic carbocycles. The van der Waals surface area contributed by atoms with Crippen molar-refractivity contribution in [2.24, 2.45) is 0 Å². The minimum absolute atomic E-state index is 0.200. The molecule has 0 unspecified atom stereocenters. The van der Waals surface area contributed by atoms with E-state index in [1.165, 1.54) is 12.1 Å². The molecule has 1 aliphatic rings. The van der Waals surface area contributed by atoms with Gasteiger partial charge < -0.3 is 5.32 Å². The summed E-state index contributed by atoms with van der Waals surface area (Å²) in [5.74, 6) is -0.498. The topological polar surface area (TPSA) is 29.1 Å². The van der Waals surface area contributed by atoms with Gasteiger partial charge in [0.2, 0.25) is 0 Å². The summed E-state index contributed by atoms with van der Waals surface area (Å²) < 4.78 is 13.3. The van der Waals surface area contributed by atoms with Crippen LogP contribution in [0.2, 0.25) is 0 Å². The van der Waals surface area contributed by atoms with Crippen LogP contribution in [0.3, 0.4) is 0 Å². The summed E-state index contributed by atoms with van der Waals surface area (Å²) in [5.41, 5.74) is 3.46. The number of hydrogen-bond donors (Lipinski definition) is 1. The van der Waals surface area contributed by atoms with Gasteiger partial charge in [-0.2, -0.15) is 0 Å². The van der Waals surface area contributed by atoms with Gasteiger partial charge in [0.25, 0.3) is 5.91 Å². The highest BCUT2D eigenvalue weighted by molar-refractivity contribution is 6.32. The molecule has 1 heterocycles. The maximum absolute atomic E-state index is 13.3. The molecule has 0 aromatic heterocycles. The van der Waals surface area contributed by atoms with Gasteiger partial charge in [-0.05, 0) is 29.3 Å². The van der Waals surface area contributed by atoms with E-state index in [-0.39, 0.29) is 11.7 Å². The smallest absolute Gasteiger partial charge is 0.255 e. The van der Waals surface area contributed by atoms with Crippen LogP contribution in [0.15, 0.2) is 49.0 Å². The molecule has 1 aliphatic heterocycles. The van der Waals surface area contributed by atoms with Crippen LogP contribution >= 0.6 is 0 Å². The number of carbonyl (C=O) groups is 1. The number of benzene rings is 2. The Kier molecular flexibility index (Phi) is 2.27. The highest BCUT2D eigenvalue weighted by Gasteiger charge is 2.25. The lowest BCUT2D eigenvalue weighted by Gasteiger charge is -2.07. The molecule has 0 aliphatic carbocycles. The van der Waals surface area contributed by atoms with Crippen LogP contribution < -0.4 is 5.32 Å². The fourth-order valence-corrected chi connectivity index (χ4v) is 2.19. The van der Waals surface area contributed by atoms with Crippen molar-refractivity contribution in [3.8, 4) is 11.1 Å². The summed E-state index contributed by atoms with van der Waals surface area (Å²) in [4.78, 5) is 11.6. The SMILES string of the molecule is C=C1C(=O)Nc2cccc(-c3cccc(F)c3)c21. The van der Waals surface area contributed by atoms with Crippen LogP contribution in [0.4, 0.5) is 10.1 Å². The van der Waals surface area contributed by atoms with Gasteiger partial charge in [-0.25, -0.2) is 4.39 Å². The first-order valence-corrected chi connectivity index (χ1v) is 5.56. The van der Waals surface area contributed by atoms with E-state index in [9.17, 15) is 9.18 Å². The van der Waals surface area contributed by atoms with Crippen molar-refractivity contribution < 1.29 is 9.18 Å². The Morgan fingerprint density at radius 1 is 1.11 bits per heavy atom. The van der Waals surface area contributed by atoms with Crippen molar-refractivity contribution in [3.05, 3.63) is 60.4 Å². The van der Waals surface area contributed by atoms with E-state index in [1.807, 2.05) is 24.3 Å². The number of hydrogen-bond acceptors (Lipinski definition) is 1. The van der Waals surface area contributed by atoms with Crippen molar-refractivity contribution in [2.75, 3.05) is 5.32 Å². The molecular formula is C15H10FNO. The second-order valence-corrected chi connectivity index (χ2v) is 4.17. The lowest BCUT2D eigenvalue weighted by atomic mass is 9.96. The Morgan fingerprint density at radius 3 is 2.67 bits per heavy atom. The molecule has 18 heavy (non-hydrogen) atoms. The molecule has 1 amide bonds. The Balaban J connectivity index is 2.24. The molecule has 0 saturated heterocycles. The lowest BCUT2D eigenvalue weighted by molar-refractivity contribution is -0.110. The molecule has 0 bridgehead atoms. The maximum atomic E-state index is 13.3. The quantitative estimate of drug-likeness (QED) is 0.759. The largest absolute Gasteiger partial charge is 0.321 e. The van der Waals surface area contributed by atoms with Crippen LogP contribution in [-0.2, 0) is 4.79 Å². The Hall–Kier alpha value is -2.42. The van der Waals surface area contributed by atoms with E-state index >= 15 is 0 Å². The van der Waals surface area contributed by atoms with E-state index in [0.717, 1.165) is 22.4 Å². The molecule has 2 aromatic rings. The van der Waals surface area contributed by atoms with Crippen LogP contribution in [0.1, 0.15) is 5.56 Å². The van der Waals surface area contributed by atoms with Gasteiger partial charge in [0, 0.05) is 16.8 Å². The maximum Gasteiger partial charge on any atom is 0.255 e. The third-order valence-corrected chi connectivity index (χ3v) is 3.02. The van der Waals surface area contributed by atoms with Crippen molar-refractivity contribution in [1.82, 2.24) is 0 Å². The molecular weight excluding hydrogens is 229 g/mol. The monoisotopic (exact) mass is 239 g/mol. The predicted octanol–water partition coefficient (Wildman–Crippen LogP) is 3.46. The van der Waals surface area contributed by atoms with Crippen LogP contribution in [0.25, 0.3) is 16.7 Å². The summed E-state index contributed by atoms with van der Waals surface area (Å²) in [6.07, 6.45) is 0. The minimum Gasteiger partial charge on any atom is -0.321 e. The Bertz CT molecular complexity index is 676. The average molecular weight is 239 g/mol. The van der Waals surface area contributed by atoms with Crippen LogP contribution in [-0.4, -0.2) is 5.91 Å². The number of anilines is 1. The van der Waals surface area contributed by atoms with E-state index < -0.39 is 0 Å². The average Bonchev–Trinajstić information content (AvgIpc) is 2.65. The van der Waals surface area contributed by atoms with Gasteiger partial charge in [-0.3, -0.25) is 4.79 Å². The highest BCUT2D eigenvalue weighted by atomic mass is 19.1. The summed E-state index contributed by atoms with van der Waals surface area (Å²) in [5, 5.41) is 2.74. The molecule has 0 saturated carbocycles. The van der Waals surface area contributed by atoms with Gasteiger partial charge in [0.1, 0.15) is 5.82 Å². The molecule has 88 valence electrons. The molecule has 0 atom stereocenters. The van der Waals surface area contributed by atoms with Crippen molar-refractivity contribution in [3.63, 3.8) is 0 Å². The molecule has 1 N–H and O–H groups in total. The normalized spacial score (nSPS) is 13.4. The zero-order valence-corrected chi connectivity index (χ0v) is 9.53. The third-order valence-electron chi connectivity index (χ3n) is 3.02. The van der Waals surface area contributed by atoms with Gasteiger partial charge >= 0.3 is 0 Å². The first-order valence-electron chi connectivity index (χ1n) is 5.56. The van der Waals surface area contributed by atoms with E-state index in [0.29, 0.717) is 5.57 Å². The number of halogens is 1. The Labute approximate surface area is 104 Å². The molecule has 3 heteroatoms. The van der Waals surface area contributed by atoms with Crippen molar-refractivity contribution >= 4 is 17.2 Å². The zero-order chi connectivity index (χ0) is 12.7. The molecule has 0 spiro atoms. The van der Waals surface area contributed by atoms with Gasteiger partial charge in [0.15, 0.2) is 0 Å². The number of fused-ring (bicyclic) bond motifs is 1.